The summed E-state index contributed by atoms with van der Waals surface area (Å²) in [5.74, 6) is 0.0174. The van der Waals surface area contributed by atoms with Gasteiger partial charge in [-0.05, 0) is 25.0 Å². The van der Waals surface area contributed by atoms with Gasteiger partial charge in [0.05, 0.1) is 6.54 Å². The van der Waals surface area contributed by atoms with Crippen molar-refractivity contribution in [2.75, 3.05) is 18.0 Å². The van der Waals surface area contributed by atoms with E-state index in [1.165, 1.54) is 11.6 Å². The molecule has 0 saturated carbocycles. The van der Waals surface area contributed by atoms with E-state index in [0.717, 1.165) is 4.57 Å². The molecule has 1 fully saturated rings. The van der Waals surface area contributed by atoms with E-state index < -0.39 is 11.2 Å². The third-order valence-electron chi connectivity index (χ3n) is 5.89. The Labute approximate surface area is 187 Å². The van der Waals surface area contributed by atoms with Crippen molar-refractivity contribution in [2.24, 2.45) is 25.7 Å². The number of piperidine rings is 1. The molecule has 0 unspecified atom stereocenters. The van der Waals surface area contributed by atoms with Gasteiger partial charge in [-0.25, -0.2) is 4.79 Å². The second-order valence-electron chi connectivity index (χ2n) is 7.74. The molecule has 1 aromatic carbocycles. The molecule has 0 spiro atoms. The summed E-state index contributed by atoms with van der Waals surface area (Å²) < 4.78 is 4.15. The maximum Gasteiger partial charge on any atom is 0.332 e. The summed E-state index contributed by atoms with van der Waals surface area (Å²) in [7, 11) is 3.01. The molecule has 1 amide bonds. The van der Waals surface area contributed by atoms with Crippen LogP contribution in [0, 0.1) is 5.92 Å². The number of aryl methyl sites for hydroxylation is 1. The lowest BCUT2D eigenvalue weighted by Crippen LogP contribution is -2.40. The molecule has 0 aliphatic carbocycles. The maximum absolute atomic E-state index is 13.1. The van der Waals surface area contributed by atoms with E-state index in [2.05, 4.69) is 4.98 Å². The van der Waals surface area contributed by atoms with Crippen LogP contribution in [0.2, 0.25) is 10.0 Å². The molecule has 3 aromatic rings. The molecule has 0 radical (unpaired) electrons. The van der Waals surface area contributed by atoms with Crippen LogP contribution >= 0.6 is 23.2 Å². The van der Waals surface area contributed by atoms with Gasteiger partial charge in [0.25, 0.3) is 5.56 Å². The molecule has 9 nitrogen and oxygen atoms in total. The van der Waals surface area contributed by atoms with Gasteiger partial charge in [-0.3, -0.25) is 23.3 Å². The van der Waals surface area contributed by atoms with Gasteiger partial charge in [-0.15, -0.1) is 0 Å². The highest BCUT2D eigenvalue weighted by atomic mass is 35.5. The number of amides is 1. The number of benzene rings is 1. The Morgan fingerprint density at radius 3 is 2.32 bits per heavy atom. The molecule has 164 valence electrons. The van der Waals surface area contributed by atoms with Crippen molar-refractivity contribution in [3.63, 3.8) is 0 Å². The van der Waals surface area contributed by atoms with E-state index in [4.69, 9.17) is 28.9 Å². The quantitative estimate of drug-likeness (QED) is 0.628. The van der Waals surface area contributed by atoms with Gasteiger partial charge in [-0.2, -0.15) is 4.98 Å². The normalized spacial score (nSPS) is 15.0. The Morgan fingerprint density at radius 1 is 1.13 bits per heavy atom. The minimum atomic E-state index is -0.461. The van der Waals surface area contributed by atoms with Gasteiger partial charge < -0.3 is 10.6 Å². The molecule has 2 aromatic heterocycles. The van der Waals surface area contributed by atoms with Crippen LogP contribution in [0.1, 0.15) is 18.4 Å². The van der Waals surface area contributed by atoms with Crippen LogP contribution in [-0.4, -0.2) is 37.7 Å². The molecular formula is C20H22Cl2N6O3. The Bertz CT molecular complexity index is 1280. The van der Waals surface area contributed by atoms with Gasteiger partial charge in [0.1, 0.15) is 0 Å². The summed E-state index contributed by atoms with van der Waals surface area (Å²) in [5.41, 5.74) is 5.76. The highest BCUT2D eigenvalue weighted by Gasteiger charge is 2.28. The van der Waals surface area contributed by atoms with E-state index in [9.17, 15) is 14.4 Å². The van der Waals surface area contributed by atoms with Crippen LogP contribution in [-0.2, 0) is 25.4 Å². The number of nitrogens with zero attached hydrogens (tertiary/aromatic N) is 5. The van der Waals surface area contributed by atoms with E-state index in [1.807, 2.05) is 4.90 Å². The summed E-state index contributed by atoms with van der Waals surface area (Å²) in [6, 6.07) is 5.21. The number of halogens is 2. The van der Waals surface area contributed by atoms with Gasteiger partial charge in [0.2, 0.25) is 11.9 Å². The van der Waals surface area contributed by atoms with Crippen molar-refractivity contribution >= 4 is 46.2 Å². The monoisotopic (exact) mass is 464 g/mol. The number of nitrogens with two attached hydrogens (primary N) is 1. The first-order valence-electron chi connectivity index (χ1n) is 9.84. The predicted molar refractivity (Wildman–Crippen MR) is 120 cm³/mol. The topological polar surface area (TPSA) is 108 Å². The van der Waals surface area contributed by atoms with Crippen LogP contribution in [0.15, 0.2) is 27.8 Å². The number of imidazole rings is 1. The van der Waals surface area contributed by atoms with E-state index in [1.54, 1.807) is 29.8 Å². The number of carbonyl (C=O) groups excluding carboxylic acids is 1. The number of fused-ring (bicyclic) bond motifs is 1. The van der Waals surface area contributed by atoms with E-state index >= 15 is 0 Å². The molecule has 0 bridgehead atoms. The highest BCUT2D eigenvalue weighted by molar-refractivity contribution is 6.36. The zero-order chi connectivity index (χ0) is 22.4. The van der Waals surface area contributed by atoms with Crippen LogP contribution in [0.3, 0.4) is 0 Å². The zero-order valence-electron chi connectivity index (χ0n) is 17.1. The lowest BCUT2D eigenvalue weighted by atomic mass is 9.96. The fourth-order valence-corrected chi connectivity index (χ4v) is 4.55. The fourth-order valence-electron chi connectivity index (χ4n) is 4.03. The lowest BCUT2D eigenvalue weighted by Gasteiger charge is -2.31. The van der Waals surface area contributed by atoms with E-state index in [-0.39, 0.29) is 29.5 Å². The summed E-state index contributed by atoms with van der Waals surface area (Å²) >= 11 is 12.8. The minimum Gasteiger partial charge on any atom is -0.369 e. The first-order chi connectivity index (χ1) is 14.7. The molecule has 2 N–H and O–H groups in total. The standard InChI is InChI=1S/C20H22Cl2N6O3/c1-25-17-15(18(30)26(2)20(25)31)28(10-12-13(21)4-3-5-14(12)22)19(24-17)27-8-6-11(7-9-27)16(23)29/h3-5,11H,6-10H2,1-2H3,(H2,23,29). The lowest BCUT2D eigenvalue weighted by molar-refractivity contribution is -0.122. The number of anilines is 1. The summed E-state index contributed by atoms with van der Waals surface area (Å²) in [6.45, 7) is 1.29. The third-order valence-corrected chi connectivity index (χ3v) is 6.59. The van der Waals surface area contributed by atoms with Crippen LogP contribution in [0.4, 0.5) is 5.95 Å². The average molecular weight is 465 g/mol. The first kappa shape index (κ1) is 21.5. The Morgan fingerprint density at radius 2 is 1.74 bits per heavy atom. The average Bonchev–Trinajstić information content (AvgIpc) is 3.13. The van der Waals surface area contributed by atoms with Crippen molar-refractivity contribution in [3.8, 4) is 0 Å². The van der Waals surface area contributed by atoms with Crippen molar-refractivity contribution in [3.05, 3.63) is 54.6 Å². The molecule has 4 rings (SSSR count). The summed E-state index contributed by atoms with van der Waals surface area (Å²) in [5, 5.41) is 0.934. The number of carbonyl (C=O) groups is 1. The number of rotatable bonds is 4. The molecule has 0 atom stereocenters. The molecular weight excluding hydrogens is 443 g/mol. The zero-order valence-corrected chi connectivity index (χ0v) is 18.7. The third kappa shape index (κ3) is 3.61. The number of primary amides is 1. The summed E-state index contributed by atoms with van der Waals surface area (Å²) in [4.78, 5) is 43.7. The molecule has 1 aliphatic rings. The van der Waals surface area contributed by atoms with Gasteiger partial charge in [-0.1, -0.05) is 29.3 Å². The Hall–Kier alpha value is -2.78. The van der Waals surface area contributed by atoms with Crippen molar-refractivity contribution in [1.29, 1.82) is 0 Å². The van der Waals surface area contributed by atoms with Gasteiger partial charge in [0, 0.05) is 48.7 Å². The maximum atomic E-state index is 13.1. The van der Waals surface area contributed by atoms with Crippen molar-refractivity contribution in [2.45, 2.75) is 19.4 Å². The molecule has 3 heterocycles. The molecule has 1 aliphatic heterocycles. The molecule has 11 heteroatoms. The second kappa shape index (κ2) is 8.05. The van der Waals surface area contributed by atoms with Crippen molar-refractivity contribution in [1.82, 2.24) is 18.7 Å². The summed E-state index contributed by atoms with van der Waals surface area (Å²) in [6.07, 6.45) is 1.17. The SMILES string of the molecule is Cn1c(=O)c2c(nc(N3CCC(C(N)=O)CC3)n2Cc2c(Cl)cccc2Cl)n(C)c1=O. The number of aromatic nitrogens is 4. The van der Waals surface area contributed by atoms with E-state index in [0.29, 0.717) is 47.5 Å². The van der Waals surface area contributed by atoms with Crippen molar-refractivity contribution < 1.29 is 4.79 Å². The number of hydrogen-bond acceptors (Lipinski definition) is 5. The minimum absolute atomic E-state index is 0.190. The first-order valence-corrected chi connectivity index (χ1v) is 10.6. The van der Waals surface area contributed by atoms with Gasteiger partial charge in [0.15, 0.2) is 11.2 Å². The Balaban J connectivity index is 1.91. The molecule has 31 heavy (non-hydrogen) atoms. The second-order valence-corrected chi connectivity index (χ2v) is 8.55. The highest BCUT2D eigenvalue weighted by Crippen LogP contribution is 2.30. The fraction of sp³-hybridized carbons (Fsp3) is 0.400. The smallest absolute Gasteiger partial charge is 0.332 e. The molecule has 1 saturated heterocycles. The Kier molecular flexibility index (Phi) is 5.57. The van der Waals surface area contributed by atoms with Crippen LogP contribution in [0.25, 0.3) is 11.2 Å². The number of hydrogen-bond donors (Lipinski definition) is 1. The van der Waals surface area contributed by atoms with Crippen LogP contribution < -0.4 is 21.9 Å². The predicted octanol–water partition coefficient (Wildman–Crippen LogP) is 1.49. The largest absolute Gasteiger partial charge is 0.369 e. The van der Waals surface area contributed by atoms with Gasteiger partial charge >= 0.3 is 5.69 Å². The van der Waals surface area contributed by atoms with Crippen LogP contribution in [0.5, 0.6) is 0 Å².